The number of pyridine rings is 1. The van der Waals surface area contributed by atoms with Crippen LogP contribution in [0.25, 0.3) is 0 Å². The number of hydrogen-bond acceptors (Lipinski definition) is 5. The molecule has 1 fully saturated rings. The van der Waals surface area contributed by atoms with Crippen molar-refractivity contribution in [2.24, 2.45) is 0 Å². The number of nitrogens with zero attached hydrogens (tertiary/aromatic N) is 3. The number of anilines is 2. The second kappa shape index (κ2) is 10.0. The third-order valence-corrected chi connectivity index (χ3v) is 5.92. The maximum Gasteiger partial charge on any atom is 0.246 e. The van der Waals surface area contributed by atoms with E-state index in [2.05, 4.69) is 20.1 Å². The molecule has 166 valence electrons. The largest absolute Gasteiger partial charge is 0.495 e. The smallest absolute Gasteiger partial charge is 0.246 e. The van der Waals surface area contributed by atoms with Crippen LogP contribution in [0.2, 0.25) is 5.02 Å². The Hall–Kier alpha value is -3.09. The molecule has 0 bridgehead atoms. The third-order valence-electron chi connectivity index (χ3n) is 5.69. The molecule has 1 N–H and O–H groups in total. The van der Waals surface area contributed by atoms with Crippen LogP contribution < -0.4 is 15.0 Å². The second-order valence-electron chi connectivity index (χ2n) is 7.86. The number of amides is 1. The molecule has 3 aromatic rings. The minimum absolute atomic E-state index is 0.0711. The zero-order valence-corrected chi connectivity index (χ0v) is 19.0. The van der Waals surface area contributed by atoms with Gasteiger partial charge in [-0.25, -0.2) is 4.98 Å². The summed E-state index contributed by atoms with van der Waals surface area (Å²) in [6, 6.07) is 19.1. The average Bonchev–Trinajstić information content (AvgIpc) is 2.81. The van der Waals surface area contributed by atoms with Gasteiger partial charge >= 0.3 is 0 Å². The van der Waals surface area contributed by atoms with Crippen LogP contribution in [-0.4, -0.2) is 49.1 Å². The highest BCUT2D eigenvalue weighted by Gasteiger charge is 2.31. The standard InChI is InChI=1S/C25H27ClN4O2/c1-18-8-10-22(32-2)21(16-18)28-25(31)24(19-6-4-3-5-7-19)30-14-12-29(13-15-30)23-11-9-20(26)17-27-23/h3-11,16-17,24H,12-15H2,1-2H3,(H,28,31). The van der Waals surface area contributed by atoms with Gasteiger partial charge in [-0.3, -0.25) is 9.69 Å². The SMILES string of the molecule is COc1ccc(C)cc1NC(=O)C(c1ccccc1)N1CCN(c2ccc(Cl)cn2)CC1. The third kappa shape index (κ3) is 5.03. The summed E-state index contributed by atoms with van der Waals surface area (Å²) in [5, 5.41) is 3.73. The zero-order valence-electron chi connectivity index (χ0n) is 18.3. The number of benzene rings is 2. The van der Waals surface area contributed by atoms with Crippen LogP contribution >= 0.6 is 11.6 Å². The summed E-state index contributed by atoms with van der Waals surface area (Å²) < 4.78 is 5.45. The van der Waals surface area contributed by atoms with Gasteiger partial charge in [0, 0.05) is 32.4 Å². The first-order valence-corrected chi connectivity index (χ1v) is 11.0. The highest BCUT2D eigenvalue weighted by molar-refractivity contribution is 6.30. The number of piperazine rings is 1. The molecule has 6 nitrogen and oxygen atoms in total. The maximum absolute atomic E-state index is 13.5. The number of methoxy groups -OCH3 is 1. The summed E-state index contributed by atoms with van der Waals surface area (Å²) in [6.45, 7) is 5.02. The Morgan fingerprint density at radius 1 is 1.06 bits per heavy atom. The van der Waals surface area contributed by atoms with Gasteiger partial charge in [0.25, 0.3) is 0 Å². The van der Waals surface area contributed by atoms with E-state index in [0.717, 1.165) is 43.1 Å². The van der Waals surface area contributed by atoms with Crippen LogP contribution in [0.3, 0.4) is 0 Å². The molecule has 1 saturated heterocycles. The van der Waals surface area contributed by atoms with Gasteiger partial charge in [-0.2, -0.15) is 0 Å². The molecule has 0 radical (unpaired) electrons. The quantitative estimate of drug-likeness (QED) is 0.596. The fourth-order valence-electron chi connectivity index (χ4n) is 4.05. The lowest BCUT2D eigenvalue weighted by molar-refractivity contribution is -0.121. The first-order valence-electron chi connectivity index (χ1n) is 10.7. The van der Waals surface area contributed by atoms with Crippen LogP contribution in [0.15, 0.2) is 66.9 Å². The minimum Gasteiger partial charge on any atom is -0.495 e. The van der Waals surface area contributed by atoms with Gasteiger partial charge in [0.1, 0.15) is 17.6 Å². The van der Waals surface area contributed by atoms with Crippen LogP contribution in [0.1, 0.15) is 17.2 Å². The molecule has 0 saturated carbocycles. The van der Waals surface area contributed by atoms with Gasteiger partial charge in [0.05, 0.1) is 17.8 Å². The summed E-state index contributed by atoms with van der Waals surface area (Å²) in [5.74, 6) is 1.48. The molecule has 0 spiro atoms. The van der Waals surface area contributed by atoms with Crippen LogP contribution in [0.5, 0.6) is 5.75 Å². The van der Waals surface area contributed by atoms with Crippen molar-refractivity contribution in [2.75, 3.05) is 43.5 Å². The van der Waals surface area contributed by atoms with Gasteiger partial charge in [0.15, 0.2) is 0 Å². The highest BCUT2D eigenvalue weighted by atomic mass is 35.5. The summed E-state index contributed by atoms with van der Waals surface area (Å²) in [6.07, 6.45) is 1.67. The van der Waals surface area contributed by atoms with E-state index in [-0.39, 0.29) is 5.91 Å². The minimum atomic E-state index is -0.401. The van der Waals surface area contributed by atoms with Crippen molar-refractivity contribution in [3.05, 3.63) is 83.0 Å². The van der Waals surface area contributed by atoms with Crippen molar-refractivity contribution >= 4 is 29.0 Å². The molecular weight excluding hydrogens is 424 g/mol. The fourth-order valence-corrected chi connectivity index (χ4v) is 4.16. The van der Waals surface area contributed by atoms with E-state index in [1.807, 2.05) is 67.6 Å². The molecule has 1 amide bonds. The van der Waals surface area contributed by atoms with Crippen molar-refractivity contribution in [2.45, 2.75) is 13.0 Å². The molecule has 1 aromatic heterocycles. The predicted molar refractivity (Wildman–Crippen MR) is 129 cm³/mol. The number of hydrogen-bond donors (Lipinski definition) is 1. The molecule has 7 heteroatoms. The number of carbonyl (C=O) groups excluding carboxylic acids is 1. The van der Waals surface area contributed by atoms with Gasteiger partial charge in [-0.1, -0.05) is 48.0 Å². The van der Waals surface area contributed by atoms with Crippen LogP contribution in [0.4, 0.5) is 11.5 Å². The number of aromatic nitrogens is 1. The van der Waals surface area contributed by atoms with E-state index in [1.54, 1.807) is 13.3 Å². The van der Waals surface area contributed by atoms with E-state index >= 15 is 0 Å². The molecule has 1 aliphatic rings. The number of carbonyl (C=O) groups is 1. The second-order valence-corrected chi connectivity index (χ2v) is 8.30. The van der Waals surface area contributed by atoms with Gasteiger partial charge < -0.3 is 15.0 Å². The Labute approximate surface area is 193 Å². The lowest BCUT2D eigenvalue weighted by Crippen LogP contribution is -2.50. The fraction of sp³-hybridized carbons (Fsp3) is 0.280. The Morgan fingerprint density at radius 2 is 1.81 bits per heavy atom. The predicted octanol–water partition coefficient (Wildman–Crippen LogP) is 4.55. The van der Waals surface area contributed by atoms with E-state index in [0.29, 0.717) is 16.5 Å². The van der Waals surface area contributed by atoms with E-state index in [9.17, 15) is 4.79 Å². The molecule has 4 rings (SSSR count). The molecule has 0 aliphatic carbocycles. The van der Waals surface area contributed by atoms with Gasteiger partial charge in [-0.05, 0) is 42.3 Å². The summed E-state index contributed by atoms with van der Waals surface area (Å²) in [7, 11) is 1.61. The molecule has 1 unspecified atom stereocenters. The first kappa shape index (κ1) is 22.1. The van der Waals surface area contributed by atoms with Crippen LogP contribution in [-0.2, 0) is 4.79 Å². The average molecular weight is 451 g/mol. The molecule has 2 heterocycles. The first-order chi connectivity index (χ1) is 15.5. The van der Waals surface area contributed by atoms with Crippen molar-refractivity contribution in [3.63, 3.8) is 0 Å². The lowest BCUT2D eigenvalue weighted by Gasteiger charge is -2.39. The number of halogens is 1. The number of ether oxygens (including phenoxy) is 1. The summed E-state index contributed by atoms with van der Waals surface area (Å²) in [4.78, 5) is 22.4. The van der Waals surface area contributed by atoms with Crippen molar-refractivity contribution in [1.82, 2.24) is 9.88 Å². The Kier molecular flexibility index (Phi) is 6.93. The zero-order chi connectivity index (χ0) is 22.5. The molecule has 2 aromatic carbocycles. The Balaban J connectivity index is 1.54. The van der Waals surface area contributed by atoms with Crippen molar-refractivity contribution in [3.8, 4) is 5.75 Å². The van der Waals surface area contributed by atoms with Gasteiger partial charge in [0.2, 0.25) is 5.91 Å². The number of rotatable bonds is 6. The van der Waals surface area contributed by atoms with E-state index < -0.39 is 6.04 Å². The van der Waals surface area contributed by atoms with Crippen molar-refractivity contribution in [1.29, 1.82) is 0 Å². The number of aryl methyl sites for hydroxylation is 1. The molecule has 32 heavy (non-hydrogen) atoms. The summed E-state index contributed by atoms with van der Waals surface area (Å²) >= 11 is 5.97. The summed E-state index contributed by atoms with van der Waals surface area (Å²) in [5.41, 5.74) is 2.71. The monoisotopic (exact) mass is 450 g/mol. The van der Waals surface area contributed by atoms with Crippen LogP contribution in [0, 0.1) is 6.92 Å². The highest BCUT2D eigenvalue weighted by Crippen LogP contribution is 2.29. The molecular formula is C25H27ClN4O2. The lowest BCUT2D eigenvalue weighted by atomic mass is 10.0. The van der Waals surface area contributed by atoms with Crippen molar-refractivity contribution < 1.29 is 9.53 Å². The maximum atomic E-state index is 13.5. The van der Waals surface area contributed by atoms with Gasteiger partial charge in [-0.15, -0.1) is 0 Å². The normalized spacial score (nSPS) is 15.3. The Bertz CT molecular complexity index is 1050. The van der Waals surface area contributed by atoms with E-state index in [4.69, 9.17) is 16.3 Å². The number of nitrogens with one attached hydrogen (secondary N) is 1. The Morgan fingerprint density at radius 3 is 2.47 bits per heavy atom. The molecule has 1 atom stereocenters. The van der Waals surface area contributed by atoms with E-state index in [1.165, 1.54) is 0 Å². The molecule has 1 aliphatic heterocycles. The topological polar surface area (TPSA) is 57.7 Å².